The zero-order valence-corrected chi connectivity index (χ0v) is 22.2. The van der Waals surface area contributed by atoms with Gasteiger partial charge < -0.3 is 5.32 Å². The number of thioether (sulfide) groups is 1. The van der Waals surface area contributed by atoms with Crippen LogP contribution in [0.25, 0.3) is 11.7 Å². The molecule has 2 aromatic heterocycles. The molecule has 0 saturated carbocycles. The largest absolute Gasteiger partial charge is 0.365 e. The average molecular weight is 527 g/mol. The fourth-order valence-electron chi connectivity index (χ4n) is 4.12. The molecule has 0 aliphatic carbocycles. The van der Waals surface area contributed by atoms with Crippen molar-refractivity contribution in [2.45, 2.75) is 26.8 Å². The van der Waals surface area contributed by atoms with Crippen LogP contribution in [0.15, 0.2) is 82.6 Å². The fourth-order valence-corrected chi connectivity index (χ4v) is 5.42. The highest BCUT2D eigenvalue weighted by Gasteiger charge is 2.32. The molecular weight excluding hydrogens is 500 g/mol. The Labute approximate surface area is 225 Å². The number of benzene rings is 2. The average Bonchev–Trinajstić information content (AvgIpc) is 3.17. The van der Waals surface area contributed by atoms with Crippen molar-refractivity contribution in [1.29, 1.82) is 0 Å². The number of aromatic nitrogens is 2. The summed E-state index contributed by atoms with van der Waals surface area (Å²) in [6, 6.07) is 21.9. The van der Waals surface area contributed by atoms with Gasteiger partial charge in [0.2, 0.25) is 0 Å². The first kappa shape index (κ1) is 24.9. The molecule has 1 aliphatic heterocycles. The van der Waals surface area contributed by atoms with Crippen molar-refractivity contribution in [1.82, 2.24) is 14.3 Å². The van der Waals surface area contributed by atoms with Crippen LogP contribution in [0.4, 0.5) is 5.82 Å². The van der Waals surface area contributed by atoms with Crippen LogP contribution in [0.5, 0.6) is 0 Å². The lowest BCUT2D eigenvalue weighted by Gasteiger charge is -2.14. The van der Waals surface area contributed by atoms with Crippen molar-refractivity contribution in [3.05, 3.63) is 116 Å². The molecule has 1 N–H and O–H groups in total. The first-order chi connectivity index (χ1) is 17.9. The van der Waals surface area contributed by atoms with Gasteiger partial charge in [-0.05, 0) is 49.1 Å². The summed E-state index contributed by atoms with van der Waals surface area (Å²) < 4.78 is 2.01. The third kappa shape index (κ3) is 5.50. The first-order valence-electron chi connectivity index (χ1n) is 12.0. The molecule has 37 heavy (non-hydrogen) atoms. The zero-order valence-electron chi connectivity index (χ0n) is 20.6. The molecule has 186 valence electrons. The third-order valence-corrected chi connectivity index (χ3v) is 7.58. The lowest BCUT2D eigenvalue weighted by Crippen LogP contribution is -2.30. The number of aryl methyl sites for hydroxylation is 2. The number of carbonyl (C=O) groups excluding carboxylic acids is 1. The summed E-state index contributed by atoms with van der Waals surface area (Å²) in [5.74, 6) is 0.244. The smallest absolute Gasteiger partial charge is 0.267 e. The number of hydrogen-bond donors (Lipinski definition) is 1. The van der Waals surface area contributed by atoms with Crippen LogP contribution < -0.4 is 10.9 Å². The predicted octanol–water partition coefficient (Wildman–Crippen LogP) is 5.37. The molecule has 8 heteroatoms. The van der Waals surface area contributed by atoms with E-state index >= 15 is 0 Å². The number of anilines is 1. The Morgan fingerprint density at radius 3 is 2.43 bits per heavy atom. The normalized spacial score (nSPS) is 14.6. The minimum Gasteiger partial charge on any atom is -0.365 e. The van der Waals surface area contributed by atoms with E-state index in [9.17, 15) is 9.59 Å². The van der Waals surface area contributed by atoms with Crippen molar-refractivity contribution in [2.24, 2.45) is 0 Å². The number of nitrogens with one attached hydrogen (secondary N) is 1. The van der Waals surface area contributed by atoms with Crippen LogP contribution in [0, 0.1) is 13.8 Å². The van der Waals surface area contributed by atoms with Gasteiger partial charge >= 0.3 is 0 Å². The highest BCUT2D eigenvalue weighted by atomic mass is 32.2. The lowest BCUT2D eigenvalue weighted by molar-refractivity contribution is -0.122. The minimum absolute atomic E-state index is 0.191. The molecule has 6 nitrogen and oxygen atoms in total. The SMILES string of the molecule is Cc1ccc(CNc2nc3ccc(C)cn3c(=O)c2C=C2SC(=S)N(CCc3ccccc3)C2=O)cc1. The number of pyridine rings is 1. The standard InChI is InChI=1S/C29H26N4O2S2/c1-19-8-11-22(12-9-19)17-30-26-23(27(34)33-18-20(2)10-13-25(33)31-26)16-24-28(35)32(29(36)37-24)15-14-21-6-4-3-5-7-21/h3-13,16,18,30H,14-15,17H2,1-2H3. The summed E-state index contributed by atoms with van der Waals surface area (Å²) >= 11 is 6.74. The van der Waals surface area contributed by atoms with Crippen LogP contribution >= 0.6 is 24.0 Å². The van der Waals surface area contributed by atoms with Gasteiger partial charge in [0.25, 0.3) is 11.5 Å². The quantitative estimate of drug-likeness (QED) is 0.258. The van der Waals surface area contributed by atoms with Crippen LogP contribution in [-0.2, 0) is 17.8 Å². The Morgan fingerprint density at radius 1 is 0.946 bits per heavy atom. The van der Waals surface area contributed by atoms with Gasteiger partial charge in [0.1, 0.15) is 15.8 Å². The van der Waals surface area contributed by atoms with Gasteiger partial charge in [0.05, 0.1) is 10.5 Å². The second kappa shape index (κ2) is 10.7. The Bertz CT molecular complexity index is 1580. The van der Waals surface area contributed by atoms with E-state index in [0.29, 0.717) is 45.8 Å². The van der Waals surface area contributed by atoms with E-state index < -0.39 is 0 Å². The molecule has 0 bridgehead atoms. The van der Waals surface area contributed by atoms with Crippen LogP contribution in [-0.4, -0.2) is 31.1 Å². The molecule has 1 saturated heterocycles. The predicted molar refractivity (Wildman–Crippen MR) is 155 cm³/mol. The van der Waals surface area contributed by atoms with Gasteiger partial charge in [-0.15, -0.1) is 0 Å². The van der Waals surface area contributed by atoms with Gasteiger partial charge in [-0.1, -0.05) is 90.2 Å². The summed E-state index contributed by atoms with van der Waals surface area (Å²) in [7, 11) is 0. The number of amides is 1. The van der Waals surface area contributed by atoms with E-state index in [-0.39, 0.29) is 11.5 Å². The molecule has 3 heterocycles. The maximum Gasteiger partial charge on any atom is 0.267 e. The number of nitrogens with zero attached hydrogens (tertiary/aromatic N) is 3. The fraction of sp³-hybridized carbons (Fsp3) is 0.172. The van der Waals surface area contributed by atoms with Gasteiger partial charge in [-0.2, -0.15) is 0 Å². The molecule has 5 rings (SSSR count). The summed E-state index contributed by atoms with van der Waals surface area (Å²) in [4.78, 5) is 33.6. The molecule has 1 fully saturated rings. The zero-order chi connectivity index (χ0) is 25.9. The van der Waals surface area contributed by atoms with E-state index in [1.54, 1.807) is 17.2 Å². The Hall–Kier alpha value is -3.75. The maximum absolute atomic E-state index is 13.6. The van der Waals surface area contributed by atoms with Crippen LogP contribution in [0.3, 0.4) is 0 Å². The van der Waals surface area contributed by atoms with Crippen molar-refractivity contribution in [2.75, 3.05) is 11.9 Å². The molecule has 0 radical (unpaired) electrons. The lowest BCUT2D eigenvalue weighted by atomic mass is 10.1. The first-order valence-corrected chi connectivity index (χ1v) is 13.2. The minimum atomic E-state index is -0.241. The van der Waals surface area contributed by atoms with Gasteiger partial charge in [-0.25, -0.2) is 4.98 Å². The highest BCUT2D eigenvalue weighted by molar-refractivity contribution is 8.26. The van der Waals surface area contributed by atoms with E-state index in [4.69, 9.17) is 17.2 Å². The van der Waals surface area contributed by atoms with Gasteiger partial charge in [0, 0.05) is 19.3 Å². The van der Waals surface area contributed by atoms with Crippen molar-refractivity contribution in [3.63, 3.8) is 0 Å². The molecule has 0 spiro atoms. The Kier molecular flexibility index (Phi) is 7.21. The second-order valence-corrected chi connectivity index (χ2v) is 10.7. The van der Waals surface area contributed by atoms with Gasteiger partial charge in [-0.3, -0.25) is 18.9 Å². The molecule has 1 aliphatic rings. The van der Waals surface area contributed by atoms with Crippen molar-refractivity contribution < 1.29 is 4.79 Å². The molecular formula is C29H26N4O2S2. The monoisotopic (exact) mass is 526 g/mol. The number of carbonyl (C=O) groups is 1. The molecule has 0 atom stereocenters. The topological polar surface area (TPSA) is 66.7 Å². The summed E-state index contributed by atoms with van der Waals surface area (Å²) in [6.45, 7) is 4.94. The number of rotatable bonds is 7. The van der Waals surface area contributed by atoms with Crippen LogP contribution in [0.1, 0.15) is 27.8 Å². The Balaban J connectivity index is 1.48. The van der Waals surface area contributed by atoms with Gasteiger partial charge in [0.15, 0.2) is 0 Å². The molecule has 1 amide bonds. The Morgan fingerprint density at radius 2 is 1.68 bits per heavy atom. The van der Waals surface area contributed by atoms with E-state index in [2.05, 4.69) is 5.32 Å². The number of fused-ring (bicyclic) bond motifs is 1. The number of thiocarbonyl (C=S) groups is 1. The number of hydrogen-bond acceptors (Lipinski definition) is 6. The molecule has 0 unspecified atom stereocenters. The van der Waals surface area contributed by atoms with E-state index in [0.717, 1.165) is 16.7 Å². The third-order valence-electron chi connectivity index (χ3n) is 6.20. The maximum atomic E-state index is 13.6. The summed E-state index contributed by atoms with van der Waals surface area (Å²) in [6.07, 6.45) is 4.09. The summed E-state index contributed by atoms with van der Waals surface area (Å²) in [5.41, 5.74) is 4.94. The summed E-state index contributed by atoms with van der Waals surface area (Å²) in [5, 5.41) is 3.32. The molecule has 4 aromatic rings. The van der Waals surface area contributed by atoms with Crippen molar-refractivity contribution in [3.8, 4) is 0 Å². The van der Waals surface area contributed by atoms with Crippen molar-refractivity contribution >= 4 is 51.7 Å². The highest BCUT2D eigenvalue weighted by Crippen LogP contribution is 2.33. The van der Waals surface area contributed by atoms with E-state index in [1.807, 2.05) is 80.6 Å². The second-order valence-electron chi connectivity index (χ2n) is 9.02. The van der Waals surface area contributed by atoms with Crippen LogP contribution in [0.2, 0.25) is 0 Å². The van der Waals surface area contributed by atoms with E-state index in [1.165, 1.54) is 21.7 Å². The molecule has 2 aromatic carbocycles.